The Bertz CT molecular complexity index is 4050. The Labute approximate surface area is 602 Å². The van der Waals surface area contributed by atoms with Crippen molar-refractivity contribution in [2.45, 2.75) is 175 Å². The van der Waals surface area contributed by atoms with Gasteiger partial charge in [-0.15, -0.1) is 0 Å². The van der Waals surface area contributed by atoms with E-state index in [0.717, 1.165) is 82.1 Å². The first-order valence-electron chi connectivity index (χ1n) is 37.2. The van der Waals surface area contributed by atoms with E-state index in [1.807, 2.05) is 208 Å². The third-order valence-corrected chi connectivity index (χ3v) is 15.9. The van der Waals surface area contributed by atoms with Gasteiger partial charge in [0.25, 0.3) is 0 Å². The van der Waals surface area contributed by atoms with Crippen LogP contribution in [0.25, 0.3) is 22.3 Å². The Kier molecular flexibility index (Phi) is 36.0. The molecule has 6 aliphatic heterocycles. The van der Waals surface area contributed by atoms with Crippen LogP contribution in [0.5, 0.6) is 0 Å². The molecule has 8 heteroatoms. The molecular formula is C92H112N8. The van der Waals surface area contributed by atoms with E-state index in [9.17, 15) is 0 Å². The second-order valence-corrected chi connectivity index (χ2v) is 22.0. The zero-order valence-corrected chi connectivity index (χ0v) is 63.3. The Morgan fingerprint density at radius 2 is 0.550 bits per heavy atom. The molecule has 0 aliphatic carbocycles. The van der Waals surface area contributed by atoms with E-state index in [0.29, 0.717) is 12.1 Å². The number of nitrogens with zero attached hydrogens (tertiary/aromatic N) is 6. The highest BCUT2D eigenvalue weighted by Crippen LogP contribution is 2.36. The lowest BCUT2D eigenvalue weighted by Crippen LogP contribution is -2.09. The van der Waals surface area contributed by atoms with Crippen LogP contribution in [0.2, 0.25) is 0 Å². The van der Waals surface area contributed by atoms with Crippen LogP contribution in [0.15, 0.2) is 275 Å². The summed E-state index contributed by atoms with van der Waals surface area (Å²) in [7, 11) is 0. The van der Waals surface area contributed by atoms with Crippen molar-refractivity contribution in [1.82, 2.24) is 9.97 Å². The number of hydrogen-bond acceptors (Lipinski definition) is 8. The summed E-state index contributed by atoms with van der Waals surface area (Å²) in [6.45, 7) is 36.5. The van der Waals surface area contributed by atoms with Gasteiger partial charge in [0.1, 0.15) is 0 Å². The minimum Gasteiger partial charge on any atom is -0.382 e. The highest BCUT2D eigenvalue weighted by molar-refractivity contribution is 6.11. The highest BCUT2D eigenvalue weighted by atomic mass is 15.0. The lowest BCUT2D eigenvalue weighted by molar-refractivity contribution is 0.834. The molecule has 1 aromatic heterocycles. The van der Waals surface area contributed by atoms with Crippen LogP contribution in [0.1, 0.15) is 180 Å². The maximum absolute atomic E-state index is 4.81. The number of hydrogen-bond donors (Lipinski definition) is 2. The van der Waals surface area contributed by atoms with E-state index >= 15 is 0 Å². The summed E-state index contributed by atoms with van der Waals surface area (Å²) < 4.78 is 0. The van der Waals surface area contributed by atoms with Gasteiger partial charge in [0, 0.05) is 54.7 Å². The number of aromatic nitrogens is 2. The lowest BCUT2D eigenvalue weighted by atomic mass is 9.99. The van der Waals surface area contributed by atoms with E-state index < -0.39 is 0 Å². The molecule has 0 bridgehead atoms. The van der Waals surface area contributed by atoms with Gasteiger partial charge in [-0.25, -0.2) is 4.98 Å². The van der Waals surface area contributed by atoms with Crippen LogP contribution in [0.4, 0.5) is 34.1 Å². The number of anilines is 2. The van der Waals surface area contributed by atoms with Gasteiger partial charge in [0.2, 0.25) is 0 Å². The van der Waals surface area contributed by atoms with Gasteiger partial charge in [0.15, 0.2) is 0 Å². The van der Waals surface area contributed by atoms with Crippen LogP contribution < -0.4 is 10.6 Å². The van der Waals surface area contributed by atoms with Gasteiger partial charge < -0.3 is 10.6 Å². The third-order valence-electron chi connectivity index (χ3n) is 15.9. The zero-order chi connectivity index (χ0) is 72.6. The normalized spacial score (nSPS) is 13.7. The van der Waals surface area contributed by atoms with E-state index in [1.165, 1.54) is 91.3 Å². The van der Waals surface area contributed by atoms with E-state index in [-0.39, 0.29) is 0 Å². The molecule has 100 heavy (non-hydrogen) atoms. The summed E-state index contributed by atoms with van der Waals surface area (Å²) in [6, 6.07) is 86.7. The second-order valence-electron chi connectivity index (χ2n) is 22.0. The first-order valence-corrected chi connectivity index (χ1v) is 37.2. The van der Waals surface area contributed by atoms with Crippen LogP contribution in [-0.4, -0.2) is 44.9 Å². The van der Waals surface area contributed by atoms with Gasteiger partial charge in [-0.05, 0) is 137 Å². The van der Waals surface area contributed by atoms with Crippen molar-refractivity contribution in [3.8, 4) is 11.3 Å². The summed E-state index contributed by atoms with van der Waals surface area (Å²) in [4.78, 5) is 27.9. The molecule has 0 spiro atoms. The number of para-hydroxylation sites is 6. The van der Waals surface area contributed by atoms with Gasteiger partial charge in [-0.3, -0.25) is 25.0 Å². The Balaban J connectivity index is 0.000000217. The minimum atomic E-state index is 0.602. The van der Waals surface area contributed by atoms with E-state index in [4.69, 9.17) is 9.98 Å². The molecule has 2 N–H and O–H groups in total. The zero-order valence-electron chi connectivity index (χ0n) is 63.3. The van der Waals surface area contributed by atoms with Gasteiger partial charge in [-0.2, -0.15) is 0 Å². The first-order chi connectivity index (χ1) is 49.4. The molecule has 0 fully saturated rings. The monoisotopic (exact) mass is 1330 g/mol. The topological polar surface area (TPSA) is 99.3 Å². The van der Waals surface area contributed by atoms with Crippen molar-refractivity contribution in [3.05, 3.63) is 311 Å². The molecule has 0 saturated heterocycles. The van der Waals surface area contributed by atoms with Crippen LogP contribution in [-0.2, 0) is 38.5 Å². The van der Waals surface area contributed by atoms with Crippen molar-refractivity contribution in [2.75, 3.05) is 10.6 Å². The largest absolute Gasteiger partial charge is 0.382 e. The average molecular weight is 1330 g/mol. The van der Waals surface area contributed by atoms with Crippen molar-refractivity contribution < 1.29 is 0 Å². The molecule has 0 radical (unpaired) electrons. The molecule has 6 aliphatic rings. The maximum atomic E-state index is 4.81. The minimum absolute atomic E-state index is 0.602. The summed E-state index contributed by atoms with van der Waals surface area (Å²) in [6.07, 6.45) is 7.88. The van der Waals surface area contributed by atoms with Crippen molar-refractivity contribution in [2.24, 2.45) is 20.0 Å². The molecular weight excluding hydrogens is 1220 g/mol. The van der Waals surface area contributed by atoms with Crippen molar-refractivity contribution in [3.63, 3.8) is 0 Å². The molecule has 0 amide bonds. The number of rotatable bonds is 5. The molecule has 17 rings (SSSR count). The maximum Gasteiger partial charge on any atom is 0.0894 e. The predicted octanol–water partition coefficient (Wildman–Crippen LogP) is 25.7. The van der Waals surface area contributed by atoms with Gasteiger partial charge >= 0.3 is 0 Å². The fourth-order valence-electron chi connectivity index (χ4n) is 11.6. The second kappa shape index (κ2) is 44.7. The predicted molar refractivity (Wildman–Crippen MR) is 440 cm³/mol. The molecule has 2 unspecified atom stereocenters. The molecule has 520 valence electrons. The molecule has 2 atom stereocenters. The standard InChI is InChI=1S/C22H16N2.C14H10N2.2C14H11N.C12H16N2.8C2H6/c1-3-10-19-17(6-1)13-21(23-19)15-8-5-9-16(12-15)22-14-18-7-2-4-11-20(18)24-22;1-2-6-11(7-3-1)14-10-15-12-8-4-5-9-13(12)16-14;2*1-2-6-11(7-3-1)14-10-12-8-4-5-9-13(12)15-14;1-7-3-9-5-12-10(4-8(2)14-12)6-11(9)13-7;8*1-2/h1-12H,13-14H2;1-10H;2*1-9H,10H2;5-8,13-14H,3-4H2,1-2H3;8*1-2H3. The van der Waals surface area contributed by atoms with Gasteiger partial charge in [0.05, 0.1) is 68.5 Å². The summed E-state index contributed by atoms with van der Waals surface area (Å²) in [5.74, 6) is 0. The highest BCUT2D eigenvalue weighted by Gasteiger charge is 2.24. The third kappa shape index (κ3) is 22.4. The Hall–Kier alpha value is -10.2. The number of fused-ring (bicyclic) bond motifs is 7. The van der Waals surface area contributed by atoms with Crippen LogP contribution in [0, 0.1) is 0 Å². The lowest BCUT2D eigenvalue weighted by Gasteiger charge is -2.05. The molecule has 11 aromatic rings. The number of benzene rings is 10. The first kappa shape index (κ1) is 80.5. The van der Waals surface area contributed by atoms with E-state index in [1.54, 1.807) is 0 Å². The smallest absolute Gasteiger partial charge is 0.0894 e. The molecule has 7 heterocycles. The van der Waals surface area contributed by atoms with Crippen molar-refractivity contribution >= 4 is 68.0 Å². The van der Waals surface area contributed by atoms with Crippen LogP contribution >= 0.6 is 0 Å². The Morgan fingerprint density at radius 3 is 0.890 bits per heavy atom. The molecule has 10 aromatic carbocycles. The van der Waals surface area contributed by atoms with Crippen molar-refractivity contribution in [1.29, 1.82) is 0 Å². The van der Waals surface area contributed by atoms with Gasteiger partial charge in [-0.1, -0.05) is 305 Å². The summed E-state index contributed by atoms with van der Waals surface area (Å²) >= 11 is 0. The quantitative estimate of drug-likeness (QED) is 0.179. The summed E-state index contributed by atoms with van der Waals surface area (Å²) in [5.41, 5.74) is 28.8. The molecule has 8 nitrogen and oxygen atoms in total. The Morgan fingerprint density at radius 1 is 0.270 bits per heavy atom. The van der Waals surface area contributed by atoms with E-state index in [2.05, 4.69) is 202 Å². The average Bonchev–Trinajstić information content (AvgIpc) is 1.64. The molecule has 0 saturated carbocycles. The number of aliphatic imine (C=N–C) groups is 4. The fourth-order valence-corrected chi connectivity index (χ4v) is 11.6. The fraction of sp³-hybridized carbons (Fsp3) is 0.283. The number of nitrogens with one attached hydrogen (secondary N) is 2. The SMILES string of the molecule is CC.CC.CC.CC.CC.CC.CC.CC.CC1Cc2cc3c(cc2N1)CC(C)N3.c1cc(C2=Nc3ccccc3C2)cc(C2=Nc3ccccc3C2)c1.c1ccc(-c2cnc3ccccc3n2)cc1.c1ccc(C2=Nc3ccccc3C2)cc1.c1ccc(C2=Nc3ccccc3C2)cc1. The summed E-state index contributed by atoms with van der Waals surface area (Å²) in [5, 5.41) is 7.03. The van der Waals surface area contributed by atoms with Crippen LogP contribution in [0.3, 0.4) is 0 Å².